The van der Waals surface area contributed by atoms with Crippen LogP contribution in [-0.4, -0.2) is 72.1 Å². The molecule has 1 aromatic rings. The smallest absolute Gasteiger partial charge is 0.282 e. The van der Waals surface area contributed by atoms with E-state index in [1.807, 2.05) is 13.8 Å². The normalized spacial score (nSPS) is 17.2. The lowest BCUT2D eigenvalue weighted by atomic mass is 10.3. The number of rotatable bonds is 5. The first-order valence-electron chi connectivity index (χ1n) is 7.28. The first-order valence-corrected chi connectivity index (χ1v) is 9.47. The highest BCUT2D eigenvalue weighted by Crippen LogP contribution is 2.16. The van der Waals surface area contributed by atoms with Crippen molar-refractivity contribution in [3.8, 4) is 0 Å². The Morgan fingerprint density at radius 1 is 1.27 bits per heavy atom. The number of piperazine rings is 1. The minimum Gasteiger partial charge on any atom is -0.356 e. The summed E-state index contributed by atoms with van der Waals surface area (Å²) in [6.45, 7) is 6.00. The number of halogens is 1. The van der Waals surface area contributed by atoms with Crippen molar-refractivity contribution in [1.82, 2.24) is 18.5 Å². The van der Waals surface area contributed by atoms with Crippen LogP contribution >= 0.6 is 15.9 Å². The summed E-state index contributed by atoms with van der Waals surface area (Å²) in [4.78, 5) is 16.9. The molecule has 1 aliphatic heterocycles. The number of nitrogens with one attached hydrogen (secondary N) is 1. The molecule has 0 aliphatic carbocycles. The van der Waals surface area contributed by atoms with Crippen LogP contribution in [0.25, 0.3) is 0 Å². The maximum absolute atomic E-state index is 12.4. The molecule has 2 heterocycles. The van der Waals surface area contributed by atoms with Gasteiger partial charge in [-0.2, -0.15) is 17.0 Å². The lowest BCUT2D eigenvalue weighted by Gasteiger charge is -2.36. The molecule has 0 radical (unpaired) electrons. The standard InChI is InChI=1S/C13H21BrN4O3S/c1-3-17(4-2)22(20,21)18-7-5-16(6-8-18)13(19)12-9-11(14)10-15-12/h9-10,15H,3-8H2,1-2H3. The van der Waals surface area contributed by atoms with Crippen molar-refractivity contribution in [3.05, 3.63) is 22.4 Å². The number of carbonyl (C=O) groups excluding carboxylic acids is 1. The molecular weight excluding hydrogens is 372 g/mol. The topological polar surface area (TPSA) is 76.7 Å². The zero-order valence-corrected chi connectivity index (χ0v) is 15.2. The fourth-order valence-corrected chi connectivity index (χ4v) is 4.44. The van der Waals surface area contributed by atoms with E-state index >= 15 is 0 Å². The number of aromatic amines is 1. The minimum atomic E-state index is -3.42. The van der Waals surface area contributed by atoms with Crippen molar-refractivity contribution < 1.29 is 13.2 Å². The zero-order chi connectivity index (χ0) is 16.3. The highest BCUT2D eigenvalue weighted by Gasteiger charge is 2.32. The second-order valence-electron chi connectivity index (χ2n) is 5.01. The van der Waals surface area contributed by atoms with Gasteiger partial charge < -0.3 is 9.88 Å². The van der Waals surface area contributed by atoms with Crippen LogP contribution in [0.2, 0.25) is 0 Å². The Hall–Kier alpha value is -0.900. The molecule has 1 N–H and O–H groups in total. The summed E-state index contributed by atoms with van der Waals surface area (Å²) in [5.41, 5.74) is 0.506. The lowest BCUT2D eigenvalue weighted by molar-refractivity contribution is 0.0689. The third-order valence-electron chi connectivity index (χ3n) is 3.76. The van der Waals surface area contributed by atoms with Gasteiger partial charge in [-0.3, -0.25) is 4.79 Å². The molecule has 0 unspecified atom stereocenters. The molecule has 0 atom stereocenters. The Bertz CT molecular complexity index is 619. The Morgan fingerprint density at radius 2 is 1.86 bits per heavy atom. The molecule has 1 aromatic heterocycles. The summed E-state index contributed by atoms with van der Waals surface area (Å²) in [5, 5.41) is 0. The van der Waals surface area contributed by atoms with E-state index in [9.17, 15) is 13.2 Å². The van der Waals surface area contributed by atoms with Crippen LogP contribution < -0.4 is 0 Å². The third kappa shape index (κ3) is 3.53. The first-order chi connectivity index (χ1) is 10.4. The average molecular weight is 393 g/mol. The molecule has 1 fully saturated rings. The summed E-state index contributed by atoms with van der Waals surface area (Å²) in [7, 11) is -3.42. The van der Waals surface area contributed by atoms with Gasteiger partial charge in [0.05, 0.1) is 0 Å². The summed E-state index contributed by atoms with van der Waals surface area (Å²) >= 11 is 3.30. The van der Waals surface area contributed by atoms with E-state index in [-0.39, 0.29) is 5.91 Å². The maximum Gasteiger partial charge on any atom is 0.282 e. The molecule has 0 saturated carbocycles. The lowest BCUT2D eigenvalue weighted by Crippen LogP contribution is -2.54. The fourth-order valence-electron chi connectivity index (χ4n) is 2.50. The molecule has 1 aliphatic rings. The van der Waals surface area contributed by atoms with E-state index in [1.54, 1.807) is 17.2 Å². The zero-order valence-electron chi connectivity index (χ0n) is 12.7. The van der Waals surface area contributed by atoms with Crippen molar-refractivity contribution in [2.75, 3.05) is 39.3 Å². The van der Waals surface area contributed by atoms with E-state index in [0.29, 0.717) is 45.0 Å². The molecular formula is C13H21BrN4O3S. The largest absolute Gasteiger partial charge is 0.356 e. The predicted octanol–water partition coefficient (Wildman–Crippen LogP) is 1.12. The van der Waals surface area contributed by atoms with Gasteiger partial charge in [0.2, 0.25) is 0 Å². The van der Waals surface area contributed by atoms with E-state index < -0.39 is 10.2 Å². The Labute approximate surface area is 139 Å². The predicted molar refractivity (Wildman–Crippen MR) is 87.8 cm³/mol. The monoisotopic (exact) mass is 392 g/mol. The first kappa shape index (κ1) is 17.5. The quantitative estimate of drug-likeness (QED) is 0.815. The number of hydrogen-bond acceptors (Lipinski definition) is 3. The van der Waals surface area contributed by atoms with E-state index in [2.05, 4.69) is 20.9 Å². The van der Waals surface area contributed by atoms with Gasteiger partial charge in [0.15, 0.2) is 0 Å². The second-order valence-corrected chi connectivity index (χ2v) is 7.86. The number of amides is 1. The van der Waals surface area contributed by atoms with Crippen LogP contribution in [0.15, 0.2) is 16.7 Å². The second kappa shape index (κ2) is 7.12. The SMILES string of the molecule is CCN(CC)S(=O)(=O)N1CCN(C(=O)c2cc(Br)c[nH]2)CC1. The molecule has 1 amide bonds. The average Bonchev–Trinajstić information content (AvgIpc) is 2.94. The molecule has 2 rings (SSSR count). The van der Waals surface area contributed by atoms with Crippen LogP contribution in [0.3, 0.4) is 0 Å². The van der Waals surface area contributed by atoms with Gasteiger partial charge in [0.25, 0.3) is 16.1 Å². The summed E-state index contributed by atoms with van der Waals surface area (Å²) in [6.07, 6.45) is 1.70. The highest BCUT2D eigenvalue weighted by atomic mass is 79.9. The van der Waals surface area contributed by atoms with Crippen molar-refractivity contribution in [2.45, 2.75) is 13.8 Å². The van der Waals surface area contributed by atoms with Gasteiger partial charge in [-0.05, 0) is 22.0 Å². The minimum absolute atomic E-state index is 0.106. The van der Waals surface area contributed by atoms with Gasteiger partial charge in [-0.25, -0.2) is 0 Å². The summed E-state index contributed by atoms with van der Waals surface area (Å²) in [6, 6.07) is 1.72. The van der Waals surface area contributed by atoms with Crippen LogP contribution in [0.1, 0.15) is 24.3 Å². The fraction of sp³-hybridized carbons (Fsp3) is 0.615. The molecule has 9 heteroatoms. The molecule has 0 aromatic carbocycles. The van der Waals surface area contributed by atoms with E-state index in [0.717, 1.165) is 4.47 Å². The van der Waals surface area contributed by atoms with Crippen LogP contribution in [0.5, 0.6) is 0 Å². The van der Waals surface area contributed by atoms with Crippen molar-refractivity contribution in [3.63, 3.8) is 0 Å². The third-order valence-corrected chi connectivity index (χ3v) is 6.41. The molecule has 124 valence electrons. The number of aromatic nitrogens is 1. The molecule has 1 saturated heterocycles. The molecule has 0 bridgehead atoms. The Balaban J connectivity index is 2.00. The van der Waals surface area contributed by atoms with Gasteiger partial charge in [-0.1, -0.05) is 13.8 Å². The number of H-pyrrole nitrogens is 1. The van der Waals surface area contributed by atoms with Crippen LogP contribution in [0, 0.1) is 0 Å². The van der Waals surface area contributed by atoms with Gasteiger partial charge >= 0.3 is 0 Å². The highest BCUT2D eigenvalue weighted by molar-refractivity contribution is 9.10. The number of carbonyl (C=O) groups is 1. The van der Waals surface area contributed by atoms with Gasteiger partial charge in [0.1, 0.15) is 5.69 Å². The van der Waals surface area contributed by atoms with Crippen molar-refractivity contribution in [1.29, 1.82) is 0 Å². The molecule has 0 spiro atoms. The van der Waals surface area contributed by atoms with Gasteiger partial charge in [0, 0.05) is 49.9 Å². The number of nitrogens with zero attached hydrogens (tertiary/aromatic N) is 3. The molecule has 7 nitrogen and oxygen atoms in total. The molecule has 22 heavy (non-hydrogen) atoms. The van der Waals surface area contributed by atoms with E-state index in [4.69, 9.17) is 0 Å². The van der Waals surface area contributed by atoms with E-state index in [1.165, 1.54) is 8.61 Å². The summed E-state index contributed by atoms with van der Waals surface area (Å²) < 4.78 is 28.6. The Kier molecular flexibility index (Phi) is 5.65. The van der Waals surface area contributed by atoms with Crippen molar-refractivity contribution >= 4 is 32.0 Å². The Morgan fingerprint density at radius 3 is 2.32 bits per heavy atom. The van der Waals surface area contributed by atoms with Crippen molar-refractivity contribution in [2.24, 2.45) is 0 Å². The van der Waals surface area contributed by atoms with Crippen LogP contribution in [0.4, 0.5) is 0 Å². The van der Waals surface area contributed by atoms with Crippen LogP contribution in [-0.2, 0) is 10.2 Å². The summed E-state index contributed by atoms with van der Waals surface area (Å²) in [5.74, 6) is -0.106. The van der Waals surface area contributed by atoms with Gasteiger partial charge in [-0.15, -0.1) is 0 Å². The number of hydrogen-bond donors (Lipinski definition) is 1. The maximum atomic E-state index is 12.4.